The van der Waals surface area contributed by atoms with Crippen molar-refractivity contribution in [2.45, 2.75) is 71.9 Å². The van der Waals surface area contributed by atoms with E-state index >= 15 is 0 Å². The Labute approximate surface area is 123 Å². The lowest BCUT2D eigenvalue weighted by Crippen LogP contribution is -2.38. The molecule has 4 nitrogen and oxygen atoms in total. The molecule has 1 saturated carbocycles. The molecule has 20 heavy (non-hydrogen) atoms. The maximum atomic E-state index is 4.20. The second-order valence-electron chi connectivity index (χ2n) is 7.08. The minimum atomic E-state index is 0.281. The number of aryl methyl sites for hydroxylation is 1. The summed E-state index contributed by atoms with van der Waals surface area (Å²) in [6.45, 7) is 9.35. The van der Waals surface area contributed by atoms with Gasteiger partial charge in [-0.3, -0.25) is 0 Å². The maximum absolute atomic E-state index is 4.20. The molecule has 2 rings (SSSR count). The molecule has 1 heterocycles. The van der Waals surface area contributed by atoms with Gasteiger partial charge in [-0.15, -0.1) is 10.2 Å². The van der Waals surface area contributed by atoms with Crippen molar-refractivity contribution in [2.24, 2.45) is 18.4 Å². The van der Waals surface area contributed by atoms with Gasteiger partial charge in [-0.05, 0) is 43.9 Å². The second kappa shape index (κ2) is 6.25. The molecule has 1 aliphatic carbocycles. The Kier molecular flexibility index (Phi) is 4.84. The van der Waals surface area contributed by atoms with Gasteiger partial charge in [-0.2, -0.15) is 0 Å². The molecule has 0 bridgehead atoms. The normalized spacial score (nSPS) is 25.6. The zero-order chi connectivity index (χ0) is 14.8. The lowest BCUT2D eigenvalue weighted by Gasteiger charge is -2.39. The average Bonchev–Trinajstić information content (AvgIpc) is 2.85. The average molecular weight is 278 g/mol. The van der Waals surface area contributed by atoms with Gasteiger partial charge in [0.25, 0.3) is 0 Å². The third-order valence-electron chi connectivity index (χ3n) is 5.36. The highest BCUT2D eigenvalue weighted by Gasteiger charge is 2.32. The quantitative estimate of drug-likeness (QED) is 0.897. The predicted octanol–water partition coefficient (Wildman–Crippen LogP) is 3.46. The fourth-order valence-electron chi connectivity index (χ4n) is 3.44. The van der Waals surface area contributed by atoms with Crippen molar-refractivity contribution in [3.63, 3.8) is 0 Å². The smallest absolute Gasteiger partial charge is 0.149 e. The fourth-order valence-corrected chi connectivity index (χ4v) is 3.44. The molecule has 1 fully saturated rings. The minimum Gasteiger partial charge on any atom is -0.319 e. The summed E-state index contributed by atoms with van der Waals surface area (Å²) < 4.78 is 2.00. The Morgan fingerprint density at radius 3 is 2.50 bits per heavy atom. The molecule has 0 saturated heterocycles. The zero-order valence-electron chi connectivity index (χ0n) is 13.7. The third kappa shape index (κ3) is 3.40. The minimum absolute atomic E-state index is 0.281. The summed E-state index contributed by atoms with van der Waals surface area (Å²) in [4.78, 5) is 0. The molecule has 0 amide bonds. The first-order chi connectivity index (χ1) is 9.44. The molecule has 0 aliphatic heterocycles. The van der Waals surface area contributed by atoms with Gasteiger partial charge in [0.15, 0.2) is 0 Å². The molecule has 0 radical (unpaired) electrons. The fraction of sp³-hybridized carbons (Fsp3) is 0.875. The van der Waals surface area contributed by atoms with Crippen molar-refractivity contribution in [3.05, 3.63) is 12.2 Å². The van der Waals surface area contributed by atoms with Crippen molar-refractivity contribution in [1.82, 2.24) is 20.1 Å². The molecule has 1 aromatic heterocycles. The molecule has 1 unspecified atom stereocenters. The van der Waals surface area contributed by atoms with Crippen LogP contribution in [0.3, 0.4) is 0 Å². The first-order valence-corrected chi connectivity index (χ1v) is 8.04. The van der Waals surface area contributed by atoms with Crippen molar-refractivity contribution in [3.8, 4) is 0 Å². The summed E-state index contributed by atoms with van der Waals surface area (Å²) in [7, 11) is 2.01. The molecule has 0 spiro atoms. The van der Waals surface area contributed by atoms with Gasteiger partial charge in [-0.1, -0.05) is 27.2 Å². The Balaban J connectivity index is 1.84. The number of nitrogens with one attached hydrogen (secondary N) is 1. The number of rotatable bonds is 5. The van der Waals surface area contributed by atoms with Gasteiger partial charge in [0.1, 0.15) is 12.2 Å². The number of hydrogen-bond acceptors (Lipinski definition) is 3. The lowest BCUT2D eigenvalue weighted by atomic mass is 9.69. The Morgan fingerprint density at radius 2 is 2.00 bits per heavy atom. The van der Waals surface area contributed by atoms with Crippen LogP contribution in [-0.4, -0.2) is 20.8 Å². The standard InChI is InChI=1S/C16H30N4/c1-6-16(3,4)13-7-9-14(10-8-13)18-12(2)15-19-17-11-20(15)5/h11-14,18H,6-10H2,1-5H3. The summed E-state index contributed by atoms with van der Waals surface area (Å²) in [6.07, 6.45) is 8.33. The van der Waals surface area contributed by atoms with Crippen molar-refractivity contribution < 1.29 is 0 Å². The van der Waals surface area contributed by atoms with Crippen molar-refractivity contribution in [1.29, 1.82) is 0 Å². The van der Waals surface area contributed by atoms with Crippen LogP contribution in [-0.2, 0) is 7.05 Å². The monoisotopic (exact) mass is 278 g/mol. The highest BCUT2D eigenvalue weighted by atomic mass is 15.3. The largest absolute Gasteiger partial charge is 0.319 e. The summed E-state index contributed by atoms with van der Waals surface area (Å²) >= 11 is 0. The summed E-state index contributed by atoms with van der Waals surface area (Å²) in [5.41, 5.74) is 0.500. The molecule has 1 atom stereocenters. The lowest BCUT2D eigenvalue weighted by molar-refractivity contribution is 0.134. The van der Waals surface area contributed by atoms with Crippen LogP contribution in [0.5, 0.6) is 0 Å². The van der Waals surface area contributed by atoms with E-state index in [1.54, 1.807) is 6.33 Å². The highest BCUT2D eigenvalue weighted by molar-refractivity contribution is 4.94. The SMILES string of the molecule is CCC(C)(C)C1CCC(NC(C)c2nncn2C)CC1. The van der Waals surface area contributed by atoms with Crippen LogP contribution in [0.4, 0.5) is 0 Å². The van der Waals surface area contributed by atoms with E-state index < -0.39 is 0 Å². The van der Waals surface area contributed by atoms with Gasteiger partial charge in [0, 0.05) is 13.1 Å². The molecule has 1 aliphatic rings. The maximum Gasteiger partial charge on any atom is 0.149 e. The molecule has 0 aromatic carbocycles. The van der Waals surface area contributed by atoms with Gasteiger partial charge >= 0.3 is 0 Å². The van der Waals surface area contributed by atoms with E-state index in [4.69, 9.17) is 0 Å². The van der Waals surface area contributed by atoms with E-state index in [9.17, 15) is 0 Å². The van der Waals surface area contributed by atoms with Gasteiger partial charge in [0.05, 0.1) is 6.04 Å². The summed E-state index contributed by atoms with van der Waals surface area (Å²) in [6, 6.07) is 0.911. The van der Waals surface area contributed by atoms with E-state index in [1.807, 2.05) is 11.6 Å². The van der Waals surface area contributed by atoms with Gasteiger partial charge < -0.3 is 9.88 Å². The van der Waals surface area contributed by atoms with E-state index in [0.29, 0.717) is 11.5 Å². The second-order valence-corrected chi connectivity index (χ2v) is 7.08. The number of hydrogen-bond donors (Lipinski definition) is 1. The Bertz CT molecular complexity index is 416. The van der Waals surface area contributed by atoms with Crippen LogP contribution in [0.1, 0.15) is 71.7 Å². The highest BCUT2D eigenvalue weighted by Crippen LogP contribution is 2.40. The zero-order valence-corrected chi connectivity index (χ0v) is 13.7. The first kappa shape index (κ1) is 15.5. The van der Waals surface area contributed by atoms with Crippen LogP contribution in [0.15, 0.2) is 6.33 Å². The van der Waals surface area contributed by atoms with Crippen molar-refractivity contribution in [2.75, 3.05) is 0 Å². The van der Waals surface area contributed by atoms with E-state index in [2.05, 4.69) is 43.2 Å². The Hall–Kier alpha value is -0.900. The summed E-state index contributed by atoms with van der Waals surface area (Å²) in [5.74, 6) is 1.91. The third-order valence-corrected chi connectivity index (χ3v) is 5.36. The first-order valence-electron chi connectivity index (χ1n) is 8.04. The molecule has 1 aromatic rings. The van der Waals surface area contributed by atoms with Crippen LogP contribution < -0.4 is 5.32 Å². The van der Waals surface area contributed by atoms with Gasteiger partial charge in [0.2, 0.25) is 0 Å². The van der Waals surface area contributed by atoms with E-state index in [1.165, 1.54) is 32.1 Å². The van der Waals surface area contributed by atoms with Crippen LogP contribution in [0.2, 0.25) is 0 Å². The van der Waals surface area contributed by atoms with Crippen LogP contribution in [0, 0.1) is 11.3 Å². The Morgan fingerprint density at radius 1 is 1.35 bits per heavy atom. The van der Waals surface area contributed by atoms with Crippen molar-refractivity contribution >= 4 is 0 Å². The van der Waals surface area contributed by atoms with Crippen LogP contribution in [0.25, 0.3) is 0 Å². The molecular formula is C16H30N4. The van der Waals surface area contributed by atoms with E-state index in [-0.39, 0.29) is 6.04 Å². The summed E-state index contributed by atoms with van der Waals surface area (Å²) in [5, 5.41) is 11.9. The molecule has 1 N–H and O–H groups in total. The number of aromatic nitrogens is 3. The molecule has 4 heteroatoms. The topological polar surface area (TPSA) is 42.7 Å². The molecule has 114 valence electrons. The molecular weight excluding hydrogens is 248 g/mol. The van der Waals surface area contributed by atoms with Gasteiger partial charge in [-0.25, -0.2) is 0 Å². The predicted molar refractivity (Wildman–Crippen MR) is 82.4 cm³/mol. The van der Waals surface area contributed by atoms with Crippen LogP contribution >= 0.6 is 0 Å². The number of nitrogens with zero attached hydrogens (tertiary/aromatic N) is 3. The van der Waals surface area contributed by atoms with E-state index in [0.717, 1.165) is 11.7 Å².